The van der Waals surface area contributed by atoms with E-state index >= 15 is 0 Å². The lowest BCUT2D eigenvalue weighted by atomic mass is 9.98. The molecule has 1 aromatic carbocycles. The summed E-state index contributed by atoms with van der Waals surface area (Å²) in [5.74, 6) is 0.818. The predicted molar refractivity (Wildman–Crippen MR) is 100 cm³/mol. The molecule has 0 aliphatic carbocycles. The van der Waals surface area contributed by atoms with Crippen molar-refractivity contribution in [1.29, 1.82) is 0 Å². The fourth-order valence-electron chi connectivity index (χ4n) is 3.19. The number of methoxy groups -OCH3 is 2. The Balaban J connectivity index is 2.45. The first-order valence-corrected chi connectivity index (χ1v) is 9.11. The fourth-order valence-corrected chi connectivity index (χ4v) is 3.19. The second kappa shape index (κ2) is 9.27. The molecule has 26 heavy (non-hydrogen) atoms. The number of ether oxygens (including phenoxy) is 2. The van der Waals surface area contributed by atoms with Gasteiger partial charge < -0.3 is 9.47 Å². The Morgan fingerprint density at radius 3 is 2.54 bits per heavy atom. The van der Waals surface area contributed by atoms with Gasteiger partial charge in [0, 0.05) is 6.54 Å². The summed E-state index contributed by atoms with van der Waals surface area (Å²) in [5, 5.41) is 2.39. The molecule has 1 saturated heterocycles. The maximum Gasteiger partial charge on any atom is 0.329 e. The van der Waals surface area contributed by atoms with Crippen LogP contribution in [0.15, 0.2) is 30.0 Å². The number of rotatable bonds is 9. The highest BCUT2D eigenvalue weighted by Crippen LogP contribution is 2.32. The van der Waals surface area contributed by atoms with E-state index in [-0.39, 0.29) is 5.70 Å². The molecule has 0 saturated carbocycles. The summed E-state index contributed by atoms with van der Waals surface area (Å²) in [7, 11) is 3.06. The van der Waals surface area contributed by atoms with Gasteiger partial charge in [-0.3, -0.25) is 15.0 Å². The molecule has 0 bridgehead atoms. The van der Waals surface area contributed by atoms with Gasteiger partial charge in [0.2, 0.25) is 0 Å². The molecule has 1 atom stereocenters. The van der Waals surface area contributed by atoms with Crippen molar-refractivity contribution >= 4 is 17.7 Å². The third kappa shape index (κ3) is 4.18. The van der Waals surface area contributed by atoms with Crippen molar-refractivity contribution in [2.75, 3.05) is 20.8 Å². The van der Waals surface area contributed by atoms with Gasteiger partial charge in [-0.05, 0) is 24.5 Å². The smallest absolute Gasteiger partial charge is 0.329 e. The van der Waals surface area contributed by atoms with Gasteiger partial charge in [0.15, 0.2) is 11.5 Å². The molecule has 1 unspecified atom stereocenters. The summed E-state index contributed by atoms with van der Waals surface area (Å²) in [6, 6.07) is 6.89. The van der Waals surface area contributed by atoms with Crippen LogP contribution in [-0.4, -0.2) is 37.6 Å². The van der Waals surface area contributed by atoms with Crippen LogP contribution in [0, 0.1) is 5.92 Å². The number of amides is 3. The molecule has 0 aromatic heterocycles. The van der Waals surface area contributed by atoms with Crippen molar-refractivity contribution in [3.8, 4) is 5.75 Å². The number of carbonyl (C=O) groups excluding carboxylic acids is 2. The molecule has 142 valence electrons. The molecule has 1 N–H and O–H groups in total. The van der Waals surface area contributed by atoms with Crippen LogP contribution < -0.4 is 10.1 Å². The highest BCUT2D eigenvalue weighted by atomic mass is 16.5. The molecule has 1 fully saturated rings. The van der Waals surface area contributed by atoms with Gasteiger partial charge in [-0.1, -0.05) is 45.2 Å². The molecule has 2 rings (SSSR count). The third-order valence-corrected chi connectivity index (χ3v) is 4.71. The minimum absolute atomic E-state index is 0.247. The number of unbranched alkanes of at least 4 members (excludes halogenated alkanes) is 1. The molecule has 0 spiro atoms. The van der Waals surface area contributed by atoms with Crippen molar-refractivity contribution in [1.82, 2.24) is 10.2 Å². The van der Waals surface area contributed by atoms with Crippen molar-refractivity contribution in [2.24, 2.45) is 5.92 Å². The number of benzene rings is 1. The number of imide groups is 1. The molecule has 1 aliphatic heterocycles. The number of nitrogens with zero attached hydrogens (tertiary/aromatic N) is 1. The van der Waals surface area contributed by atoms with Gasteiger partial charge in [0.05, 0.1) is 19.8 Å². The highest BCUT2D eigenvalue weighted by Gasteiger charge is 2.38. The quantitative estimate of drug-likeness (QED) is 0.413. The van der Waals surface area contributed by atoms with Crippen LogP contribution in [0.2, 0.25) is 0 Å². The van der Waals surface area contributed by atoms with Gasteiger partial charge in [0.1, 0.15) is 5.75 Å². The van der Waals surface area contributed by atoms with E-state index in [0.29, 0.717) is 29.5 Å². The van der Waals surface area contributed by atoms with E-state index < -0.39 is 11.9 Å². The molecule has 3 amide bonds. The zero-order chi connectivity index (χ0) is 19.1. The number of hydrogen-bond donors (Lipinski definition) is 1. The Hall–Kier alpha value is -2.50. The van der Waals surface area contributed by atoms with E-state index in [1.54, 1.807) is 13.2 Å². The van der Waals surface area contributed by atoms with Crippen molar-refractivity contribution < 1.29 is 19.1 Å². The number of nitrogens with one attached hydrogen (secondary N) is 1. The SMILES string of the molecule is CCCCC(CC)CN1C(=O)NC(=O)C1=C(OC)c1ccccc1OC. The molecule has 6 heteroatoms. The molecule has 0 radical (unpaired) electrons. The number of carbonyl (C=O) groups is 2. The maximum atomic E-state index is 12.5. The monoisotopic (exact) mass is 360 g/mol. The molecular formula is C20H28N2O4. The van der Waals surface area contributed by atoms with Crippen molar-refractivity contribution in [2.45, 2.75) is 39.5 Å². The average Bonchev–Trinajstić information content (AvgIpc) is 2.93. The zero-order valence-corrected chi connectivity index (χ0v) is 16.0. The van der Waals surface area contributed by atoms with Crippen LogP contribution >= 0.6 is 0 Å². The standard InChI is InChI=1S/C20H28N2O4/c1-5-7-10-14(6-2)13-22-17(19(23)21-20(22)24)18(26-4)15-11-8-9-12-16(15)25-3/h8-9,11-12,14H,5-7,10,13H2,1-4H3,(H,21,23,24). The molecular weight excluding hydrogens is 332 g/mol. The van der Waals surface area contributed by atoms with Crippen LogP contribution in [-0.2, 0) is 9.53 Å². The van der Waals surface area contributed by atoms with Gasteiger partial charge in [-0.25, -0.2) is 4.79 Å². The number of para-hydroxylation sites is 1. The van der Waals surface area contributed by atoms with Gasteiger partial charge in [-0.2, -0.15) is 0 Å². The summed E-state index contributed by atoms with van der Waals surface area (Å²) >= 11 is 0. The molecule has 1 aromatic rings. The van der Waals surface area contributed by atoms with Gasteiger partial charge in [-0.15, -0.1) is 0 Å². The predicted octanol–water partition coefficient (Wildman–Crippen LogP) is 3.78. The van der Waals surface area contributed by atoms with Crippen molar-refractivity contribution in [3.63, 3.8) is 0 Å². The lowest BCUT2D eigenvalue weighted by Crippen LogP contribution is -2.32. The molecule has 1 heterocycles. The first-order valence-electron chi connectivity index (χ1n) is 9.11. The Morgan fingerprint density at radius 2 is 1.92 bits per heavy atom. The lowest BCUT2D eigenvalue weighted by molar-refractivity contribution is -0.116. The first kappa shape index (κ1) is 19.8. The highest BCUT2D eigenvalue weighted by molar-refractivity contribution is 6.15. The summed E-state index contributed by atoms with van der Waals surface area (Å²) < 4.78 is 10.9. The second-order valence-corrected chi connectivity index (χ2v) is 6.37. The Kier molecular flexibility index (Phi) is 7.06. The largest absolute Gasteiger partial charge is 0.496 e. The lowest BCUT2D eigenvalue weighted by Gasteiger charge is -2.24. The Labute approximate surface area is 155 Å². The fraction of sp³-hybridized carbons (Fsp3) is 0.500. The maximum absolute atomic E-state index is 12.5. The Morgan fingerprint density at radius 1 is 1.19 bits per heavy atom. The molecule has 1 aliphatic rings. The normalized spacial score (nSPS) is 17.2. The summed E-state index contributed by atoms with van der Waals surface area (Å²) in [6.07, 6.45) is 4.18. The first-order chi connectivity index (χ1) is 12.6. The van der Waals surface area contributed by atoms with Gasteiger partial charge in [0.25, 0.3) is 5.91 Å². The van der Waals surface area contributed by atoms with Crippen LogP contribution in [0.1, 0.15) is 45.1 Å². The van der Waals surface area contributed by atoms with Crippen molar-refractivity contribution in [3.05, 3.63) is 35.5 Å². The topological polar surface area (TPSA) is 67.9 Å². The summed E-state index contributed by atoms with van der Waals surface area (Å²) in [5.41, 5.74) is 0.890. The minimum atomic E-state index is -0.442. The van der Waals surface area contributed by atoms with Crippen LogP contribution in [0.3, 0.4) is 0 Å². The summed E-state index contributed by atoms with van der Waals surface area (Å²) in [6.45, 7) is 4.75. The molecule has 6 nitrogen and oxygen atoms in total. The number of urea groups is 1. The van der Waals surface area contributed by atoms with Crippen LogP contribution in [0.25, 0.3) is 5.76 Å². The minimum Gasteiger partial charge on any atom is -0.496 e. The van der Waals surface area contributed by atoms with Gasteiger partial charge >= 0.3 is 6.03 Å². The zero-order valence-electron chi connectivity index (χ0n) is 16.0. The Bertz CT molecular complexity index is 684. The van der Waals surface area contributed by atoms with Crippen LogP contribution in [0.5, 0.6) is 5.75 Å². The number of hydrogen-bond acceptors (Lipinski definition) is 4. The van der Waals surface area contributed by atoms with E-state index in [1.165, 1.54) is 12.0 Å². The average molecular weight is 360 g/mol. The van der Waals surface area contributed by atoms with Crippen LogP contribution in [0.4, 0.5) is 4.79 Å². The summed E-state index contributed by atoms with van der Waals surface area (Å²) in [4.78, 5) is 26.4. The van der Waals surface area contributed by atoms with E-state index in [1.807, 2.05) is 18.2 Å². The van der Waals surface area contributed by atoms with E-state index in [9.17, 15) is 9.59 Å². The van der Waals surface area contributed by atoms with E-state index in [2.05, 4.69) is 19.2 Å². The van der Waals surface area contributed by atoms with E-state index in [4.69, 9.17) is 9.47 Å². The van der Waals surface area contributed by atoms with E-state index in [0.717, 1.165) is 25.7 Å². The second-order valence-electron chi connectivity index (χ2n) is 6.37. The third-order valence-electron chi connectivity index (χ3n) is 4.71.